The molecule has 0 aromatic rings. The third-order valence-corrected chi connectivity index (χ3v) is 5.37. The van der Waals surface area contributed by atoms with Crippen LogP contribution in [0.5, 0.6) is 0 Å². The molecule has 2 aliphatic carbocycles. The Hall–Kier alpha value is -0.0400. The predicted molar refractivity (Wildman–Crippen MR) is 56.7 cm³/mol. The lowest BCUT2D eigenvalue weighted by atomic mass is 9.69. The van der Waals surface area contributed by atoms with Gasteiger partial charge in [-0.15, -0.1) is 0 Å². The molecule has 2 aliphatic rings. The van der Waals surface area contributed by atoms with Crippen molar-refractivity contribution in [3.8, 4) is 0 Å². The molecule has 3 atom stereocenters. The van der Waals surface area contributed by atoms with Gasteiger partial charge in [-0.3, -0.25) is 0 Å². The average Bonchev–Trinajstić information content (AvgIpc) is 2.34. The van der Waals surface area contributed by atoms with E-state index in [1.54, 1.807) is 0 Å². The summed E-state index contributed by atoms with van der Waals surface area (Å²) >= 11 is 0. The van der Waals surface area contributed by atoms with E-state index in [1.165, 1.54) is 19.3 Å². The van der Waals surface area contributed by atoms with Crippen molar-refractivity contribution in [1.29, 1.82) is 0 Å². The fraction of sp³-hybridized carbons (Fsp3) is 1.00. The molecule has 0 saturated heterocycles. The lowest BCUT2D eigenvalue weighted by Gasteiger charge is -2.42. The summed E-state index contributed by atoms with van der Waals surface area (Å²) < 4.78 is 0. The maximum atomic E-state index is 2.50. The van der Waals surface area contributed by atoms with E-state index in [1.807, 2.05) is 0 Å². The Bertz CT molecular complexity index is 219. The highest BCUT2D eigenvalue weighted by Crippen LogP contribution is 2.66. The van der Waals surface area contributed by atoms with Crippen LogP contribution in [0.1, 0.15) is 40.0 Å². The molecule has 2 saturated carbocycles. The Morgan fingerprint density at radius 2 is 1.77 bits per heavy atom. The zero-order valence-corrected chi connectivity index (χ0v) is 9.72. The third kappa shape index (κ3) is 0.971. The summed E-state index contributed by atoms with van der Waals surface area (Å²) in [5.74, 6) is 0.977. The topological polar surface area (TPSA) is 3.24 Å². The first kappa shape index (κ1) is 9.51. The van der Waals surface area contributed by atoms with E-state index in [4.69, 9.17) is 0 Å². The molecular weight excluding hydrogens is 158 g/mol. The summed E-state index contributed by atoms with van der Waals surface area (Å²) in [5.41, 5.74) is 1.14. The summed E-state index contributed by atoms with van der Waals surface area (Å²) in [4.78, 5) is 2.45. The van der Waals surface area contributed by atoms with E-state index in [9.17, 15) is 0 Å². The Kier molecular flexibility index (Phi) is 1.83. The minimum Gasteiger partial charge on any atom is -0.306 e. The van der Waals surface area contributed by atoms with Crippen LogP contribution in [0.4, 0.5) is 0 Å². The van der Waals surface area contributed by atoms with E-state index in [2.05, 4.69) is 39.8 Å². The molecule has 0 N–H and O–H groups in total. The summed E-state index contributed by atoms with van der Waals surface area (Å²) in [5, 5.41) is 0. The maximum Gasteiger partial charge on any atom is 0.0151 e. The largest absolute Gasteiger partial charge is 0.306 e. The molecule has 1 heteroatoms. The lowest BCUT2D eigenvalue weighted by Crippen LogP contribution is -2.43. The van der Waals surface area contributed by atoms with Crippen LogP contribution in [-0.2, 0) is 0 Å². The van der Waals surface area contributed by atoms with Gasteiger partial charge in [-0.25, -0.2) is 0 Å². The van der Waals surface area contributed by atoms with Gasteiger partial charge in [0.25, 0.3) is 0 Å². The van der Waals surface area contributed by atoms with Crippen molar-refractivity contribution in [1.82, 2.24) is 4.90 Å². The van der Waals surface area contributed by atoms with Crippen molar-refractivity contribution in [3.63, 3.8) is 0 Å². The SMILES string of the molecule is CN(C)[C@@H]1CC2CCC1(C)C2(C)C. The van der Waals surface area contributed by atoms with Crippen molar-refractivity contribution >= 4 is 0 Å². The standard InChI is InChI=1S/C12H23N/c1-11(2)9-6-7-12(11,3)10(8-9)13(4)5/h9-10H,6-8H2,1-5H3/t9?,10-,12?/m1/s1. The van der Waals surface area contributed by atoms with Gasteiger partial charge < -0.3 is 4.90 Å². The Labute approximate surface area is 82.5 Å². The van der Waals surface area contributed by atoms with Gasteiger partial charge in [-0.2, -0.15) is 0 Å². The second-order valence-corrected chi connectivity index (χ2v) is 6.09. The highest BCUT2D eigenvalue weighted by Gasteiger charge is 2.61. The van der Waals surface area contributed by atoms with E-state index < -0.39 is 0 Å². The van der Waals surface area contributed by atoms with Gasteiger partial charge in [0.05, 0.1) is 0 Å². The van der Waals surface area contributed by atoms with Gasteiger partial charge in [0.2, 0.25) is 0 Å². The Morgan fingerprint density at radius 1 is 1.15 bits per heavy atom. The minimum atomic E-state index is 0.571. The number of hydrogen-bond acceptors (Lipinski definition) is 1. The molecular formula is C12H23N. The molecule has 0 aromatic carbocycles. The van der Waals surface area contributed by atoms with E-state index in [0.717, 1.165) is 12.0 Å². The van der Waals surface area contributed by atoms with Crippen LogP contribution in [-0.4, -0.2) is 25.0 Å². The Morgan fingerprint density at radius 3 is 2.00 bits per heavy atom. The second-order valence-electron chi connectivity index (χ2n) is 6.09. The highest BCUT2D eigenvalue weighted by atomic mass is 15.1. The highest BCUT2D eigenvalue weighted by molar-refractivity contribution is 5.12. The molecule has 76 valence electrons. The van der Waals surface area contributed by atoms with Crippen molar-refractivity contribution in [2.75, 3.05) is 14.1 Å². The van der Waals surface area contributed by atoms with Crippen molar-refractivity contribution < 1.29 is 0 Å². The maximum absolute atomic E-state index is 2.50. The van der Waals surface area contributed by atoms with E-state index >= 15 is 0 Å². The fourth-order valence-corrected chi connectivity index (χ4v) is 3.94. The van der Waals surface area contributed by atoms with Crippen LogP contribution in [0.3, 0.4) is 0 Å². The molecule has 13 heavy (non-hydrogen) atoms. The van der Waals surface area contributed by atoms with Crippen LogP contribution < -0.4 is 0 Å². The van der Waals surface area contributed by atoms with E-state index in [0.29, 0.717) is 10.8 Å². The quantitative estimate of drug-likeness (QED) is 0.601. The first-order valence-corrected chi connectivity index (χ1v) is 5.56. The van der Waals surface area contributed by atoms with Crippen LogP contribution >= 0.6 is 0 Å². The number of rotatable bonds is 1. The summed E-state index contributed by atoms with van der Waals surface area (Å²) in [6.07, 6.45) is 4.33. The molecule has 0 spiro atoms. The molecule has 0 amide bonds. The summed E-state index contributed by atoms with van der Waals surface area (Å²) in [7, 11) is 4.49. The molecule has 0 heterocycles. The van der Waals surface area contributed by atoms with E-state index in [-0.39, 0.29) is 0 Å². The number of fused-ring (bicyclic) bond motifs is 2. The molecule has 0 radical (unpaired) electrons. The first-order valence-electron chi connectivity index (χ1n) is 5.56. The van der Waals surface area contributed by atoms with Gasteiger partial charge in [0, 0.05) is 6.04 Å². The van der Waals surface area contributed by atoms with Crippen LogP contribution in [0.25, 0.3) is 0 Å². The van der Waals surface area contributed by atoms with Gasteiger partial charge in [0.1, 0.15) is 0 Å². The second kappa shape index (κ2) is 2.50. The lowest BCUT2D eigenvalue weighted by molar-refractivity contribution is 0.0715. The monoisotopic (exact) mass is 181 g/mol. The van der Waals surface area contributed by atoms with Crippen molar-refractivity contribution in [2.45, 2.75) is 46.1 Å². The van der Waals surface area contributed by atoms with Gasteiger partial charge in [-0.05, 0) is 50.1 Å². The van der Waals surface area contributed by atoms with Gasteiger partial charge in [0.15, 0.2) is 0 Å². The zero-order valence-electron chi connectivity index (χ0n) is 9.72. The summed E-state index contributed by atoms with van der Waals surface area (Å²) in [6, 6.07) is 0.821. The zero-order chi connectivity index (χ0) is 9.85. The molecule has 0 aliphatic heterocycles. The van der Waals surface area contributed by atoms with Gasteiger partial charge >= 0.3 is 0 Å². The fourth-order valence-electron chi connectivity index (χ4n) is 3.94. The molecule has 2 rings (SSSR count). The molecule has 1 nitrogen and oxygen atoms in total. The summed E-state index contributed by atoms with van der Waals surface area (Å²) in [6.45, 7) is 7.47. The number of nitrogens with zero attached hydrogens (tertiary/aromatic N) is 1. The smallest absolute Gasteiger partial charge is 0.0151 e. The van der Waals surface area contributed by atoms with Crippen molar-refractivity contribution in [2.24, 2.45) is 16.7 Å². The molecule has 2 bridgehead atoms. The van der Waals surface area contributed by atoms with Crippen molar-refractivity contribution in [3.05, 3.63) is 0 Å². The third-order valence-electron chi connectivity index (χ3n) is 5.37. The van der Waals surface area contributed by atoms with Crippen LogP contribution in [0.15, 0.2) is 0 Å². The number of hydrogen-bond donors (Lipinski definition) is 0. The minimum absolute atomic E-state index is 0.571. The predicted octanol–water partition coefficient (Wildman–Crippen LogP) is 2.76. The molecule has 2 unspecified atom stereocenters. The molecule has 0 aromatic heterocycles. The first-order chi connectivity index (χ1) is 5.89. The van der Waals surface area contributed by atoms with Crippen LogP contribution in [0, 0.1) is 16.7 Å². The normalized spacial score (nSPS) is 47.5. The Balaban J connectivity index is 2.33. The van der Waals surface area contributed by atoms with Crippen LogP contribution in [0.2, 0.25) is 0 Å². The molecule has 2 fully saturated rings. The average molecular weight is 181 g/mol. The van der Waals surface area contributed by atoms with Gasteiger partial charge in [-0.1, -0.05) is 20.8 Å².